The molecule has 13 heteroatoms. The van der Waals surface area contributed by atoms with E-state index in [0.717, 1.165) is 22.2 Å². The number of epoxide rings is 1. The minimum absolute atomic E-state index is 0.113. The molecule has 4 rings (SSSR count). The molecule has 2 aliphatic heterocycles. The van der Waals surface area contributed by atoms with Crippen LogP contribution in [0.3, 0.4) is 0 Å². The van der Waals surface area contributed by atoms with E-state index in [0.29, 0.717) is 11.4 Å². The van der Waals surface area contributed by atoms with Crippen LogP contribution in [0.1, 0.15) is 12.6 Å². The molecule has 10 nitrogen and oxygen atoms in total. The lowest BCUT2D eigenvalue weighted by atomic mass is 10.1. The second-order valence-electron chi connectivity index (χ2n) is 7.30. The number of hydrogen-bond acceptors (Lipinski definition) is 9. The third-order valence-corrected chi connectivity index (χ3v) is 5.54. The van der Waals surface area contributed by atoms with Crippen LogP contribution in [0.5, 0.6) is 0 Å². The number of para-hydroxylation sites is 1. The maximum atomic E-state index is 14.0. The van der Waals surface area contributed by atoms with Gasteiger partial charge in [0.25, 0.3) is 11.8 Å². The summed E-state index contributed by atoms with van der Waals surface area (Å²) in [5.74, 6) is 3.49. The predicted octanol–water partition coefficient (Wildman–Crippen LogP) is 0.309. The highest BCUT2D eigenvalue weighted by Gasteiger charge is 2.42. The smallest absolute Gasteiger partial charge is 0.259 e. The zero-order valence-corrected chi connectivity index (χ0v) is 17.7. The third kappa shape index (κ3) is 4.85. The predicted molar refractivity (Wildman–Crippen MR) is 111 cm³/mol. The van der Waals surface area contributed by atoms with Crippen LogP contribution in [-0.4, -0.2) is 46.6 Å². The van der Waals surface area contributed by atoms with Gasteiger partial charge < -0.3 is 15.5 Å². The van der Waals surface area contributed by atoms with Crippen molar-refractivity contribution in [3.8, 4) is 0 Å². The van der Waals surface area contributed by atoms with E-state index in [1.54, 1.807) is 17.8 Å². The number of nitrogens with one attached hydrogen (secondary N) is 3. The van der Waals surface area contributed by atoms with Crippen LogP contribution in [0.2, 0.25) is 0 Å². The Morgan fingerprint density at radius 3 is 2.75 bits per heavy atom. The maximum absolute atomic E-state index is 14.0. The molecule has 1 fully saturated rings. The summed E-state index contributed by atoms with van der Waals surface area (Å²) in [4.78, 5) is 29.5. The van der Waals surface area contributed by atoms with Gasteiger partial charge in [-0.25, -0.2) is 19.6 Å². The number of anilines is 1. The Kier molecular flexibility index (Phi) is 6.32. The van der Waals surface area contributed by atoms with E-state index < -0.39 is 35.6 Å². The van der Waals surface area contributed by atoms with Gasteiger partial charge in [-0.1, -0.05) is 6.07 Å². The van der Waals surface area contributed by atoms with E-state index in [9.17, 15) is 18.4 Å². The van der Waals surface area contributed by atoms with Crippen LogP contribution in [0.25, 0.3) is 0 Å². The molecule has 0 aliphatic carbocycles. The summed E-state index contributed by atoms with van der Waals surface area (Å²) >= 11 is 1.37. The van der Waals surface area contributed by atoms with Crippen molar-refractivity contribution in [2.45, 2.75) is 31.6 Å². The fourth-order valence-corrected chi connectivity index (χ4v) is 3.77. The van der Waals surface area contributed by atoms with Gasteiger partial charge in [0.1, 0.15) is 11.7 Å². The molecule has 1 saturated heterocycles. The Hall–Kier alpha value is -3.13. The number of ether oxygens (including phenoxy) is 1. The quantitative estimate of drug-likeness (QED) is 0.190. The number of carbonyl (C=O) groups excluding carboxylic acids is 2. The Labute approximate surface area is 185 Å². The number of halogens is 2. The molecule has 3 atom stereocenters. The van der Waals surface area contributed by atoms with Crippen LogP contribution in [0.4, 0.5) is 14.5 Å². The van der Waals surface area contributed by atoms with Gasteiger partial charge in [-0.3, -0.25) is 19.6 Å². The lowest BCUT2D eigenvalue weighted by molar-refractivity contribution is -0.136. The average Bonchev–Trinajstić information content (AvgIpc) is 3.11. The minimum atomic E-state index is -0.957. The number of hydrogen-bond donors (Lipinski definition) is 4. The lowest BCUT2D eigenvalue weighted by Gasteiger charge is -2.23. The van der Waals surface area contributed by atoms with Gasteiger partial charge in [0, 0.05) is 18.0 Å². The molecule has 32 heavy (non-hydrogen) atoms. The Balaban J connectivity index is 1.43. The highest BCUT2D eigenvalue weighted by Crippen LogP contribution is 2.24. The minimum Gasteiger partial charge on any atom is -0.359 e. The van der Waals surface area contributed by atoms with Crippen molar-refractivity contribution in [2.75, 3.05) is 11.6 Å². The number of rotatable bonds is 8. The van der Waals surface area contributed by atoms with Gasteiger partial charge in [0.2, 0.25) is 0 Å². The van der Waals surface area contributed by atoms with E-state index in [2.05, 4.69) is 21.3 Å². The lowest BCUT2D eigenvalue weighted by Crippen LogP contribution is -2.54. The number of aromatic nitrogens is 1. The SMILES string of the molecule is C[C@H]1O[C@@H]1C(=O)N[C@@H](Cc1cscn1)C(=O)N(N)CC1=CN(c2c(F)cccc2F)NN1. The number of nitrogens with zero attached hydrogens (tertiary/aromatic N) is 3. The molecule has 2 aromatic rings. The Bertz CT molecular complexity index is 1020. The van der Waals surface area contributed by atoms with Crippen LogP contribution >= 0.6 is 11.3 Å². The van der Waals surface area contributed by atoms with Crippen molar-refractivity contribution >= 4 is 28.8 Å². The summed E-state index contributed by atoms with van der Waals surface area (Å²) in [6.07, 6.45) is 0.727. The second kappa shape index (κ2) is 9.16. The number of benzene rings is 1. The van der Waals surface area contributed by atoms with Crippen molar-refractivity contribution in [3.63, 3.8) is 0 Å². The van der Waals surface area contributed by atoms with Gasteiger partial charge in [0.05, 0.1) is 29.6 Å². The third-order valence-electron chi connectivity index (χ3n) is 4.90. The van der Waals surface area contributed by atoms with Crippen LogP contribution < -0.4 is 27.1 Å². The maximum Gasteiger partial charge on any atom is 0.259 e. The molecule has 170 valence electrons. The fourth-order valence-electron chi connectivity index (χ4n) is 3.20. The zero-order chi connectivity index (χ0) is 22.8. The van der Waals surface area contributed by atoms with Crippen LogP contribution in [0, 0.1) is 11.6 Å². The Morgan fingerprint density at radius 2 is 2.12 bits per heavy atom. The van der Waals surface area contributed by atoms with Crippen LogP contribution in [-0.2, 0) is 20.7 Å². The topological polar surface area (TPSA) is 128 Å². The first kappa shape index (κ1) is 22.1. The first-order chi connectivity index (χ1) is 15.3. The molecule has 1 aromatic carbocycles. The van der Waals surface area contributed by atoms with E-state index >= 15 is 0 Å². The largest absolute Gasteiger partial charge is 0.359 e. The molecule has 2 amide bonds. The van der Waals surface area contributed by atoms with Gasteiger partial charge in [-0.15, -0.1) is 16.9 Å². The first-order valence-electron chi connectivity index (χ1n) is 9.68. The van der Waals surface area contributed by atoms with E-state index in [4.69, 9.17) is 10.6 Å². The highest BCUT2D eigenvalue weighted by atomic mass is 32.1. The molecule has 3 heterocycles. The molecular formula is C19H21F2N7O3S. The first-order valence-corrected chi connectivity index (χ1v) is 10.6. The summed E-state index contributed by atoms with van der Waals surface area (Å²) in [5, 5.41) is 6.46. The Morgan fingerprint density at radius 1 is 1.41 bits per heavy atom. The average molecular weight is 465 g/mol. The second-order valence-corrected chi connectivity index (χ2v) is 8.02. The summed E-state index contributed by atoms with van der Waals surface area (Å²) < 4.78 is 33.2. The zero-order valence-electron chi connectivity index (χ0n) is 16.9. The summed E-state index contributed by atoms with van der Waals surface area (Å²) in [5.41, 5.74) is 7.64. The molecule has 2 aliphatic rings. The van der Waals surface area contributed by atoms with Crippen LogP contribution in [0.15, 0.2) is 41.0 Å². The summed E-state index contributed by atoms with van der Waals surface area (Å²) in [6.45, 7) is 1.64. The van der Waals surface area contributed by atoms with Gasteiger partial charge >= 0.3 is 0 Å². The van der Waals surface area contributed by atoms with Crippen molar-refractivity contribution < 1.29 is 23.1 Å². The normalized spacial score (nSPS) is 20.4. The summed E-state index contributed by atoms with van der Waals surface area (Å²) in [6, 6.07) is 2.55. The van der Waals surface area contributed by atoms with E-state index in [1.165, 1.54) is 23.6 Å². The van der Waals surface area contributed by atoms with E-state index in [-0.39, 0.29) is 24.8 Å². The van der Waals surface area contributed by atoms with Gasteiger partial charge in [0.15, 0.2) is 17.7 Å². The van der Waals surface area contributed by atoms with Crippen molar-refractivity contribution in [1.29, 1.82) is 0 Å². The molecular weight excluding hydrogens is 444 g/mol. The molecule has 0 saturated carbocycles. The summed E-state index contributed by atoms with van der Waals surface area (Å²) in [7, 11) is 0. The van der Waals surface area contributed by atoms with E-state index in [1.807, 2.05) is 0 Å². The van der Waals surface area contributed by atoms with Gasteiger partial charge in [-0.05, 0) is 19.1 Å². The van der Waals surface area contributed by atoms with Crippen molar-refractivity contribution in [1.82, 2.24) is 26.3 Å². The monoisotopic (exact) mass is 465 g/mol. The van der Waals surface area contributed by atoms with Gasteiger partial charge in [-0.2, -0.15) is 0 Å². The fraction of sp³-hybridized carbons (Fsp3) is 0.316. The molecule has 0 spiro atoms. The molecule has 0 bridgehead atoms. The number of amides is 2. The molecule has 0 unspecified atom stereocenters. The molecule has 5 N–H and O–H groups in total. The van der Waals surface area contributed by atoms with Crippen molar-refractivity contribution in [3.05, 3.63) is 58.3 Å². The number of hydrazine groups is 3. The van der Waals surface area contributed by atoms with Crippen molar-refractivity contribution in [2.24, 2.45) is 5.84 Å². The molecule has 1 aromatic heterocycles. The number of carbonyl (C=O) groups is 2. The standard InChI is InChI=1S/C19H21F2N7O3S/c1-10-17(31-10)18(29)24-15(5-11-8-32-9-23-11)19(30)27(22)6-12-7-28(26-25-12)16-13(20)3-2-4-14(16)21/h2-4,7-10,15,17,25-26H,5-6,22H2,1H3,(H,24,29)/t10-,15+,17+/m1/s1. The molecule has 0 radical (unpaired) electrons. The highest BCUT2D eigenvalue weighted by molar-refractivity contribution is 7.07. The number of nitrogens with two attached hydrogens (primary N) is 1. The number of thiazole rings is 1.